The van der Waals surface area contributed by atoms with Crippen molar-refractivity contribution < 1.29 is 9.59 Å². The molecule has 0 spiro atoms. The number of Topliss-reactive ketones (excluding diaryl/α,β-unsaturated/α-hetero) is 2. The van der Waals surface area contributed by atoms with Crippen LogP contribution in [-0.4, -0.2) is 36.2 Å². The lowest BCUT2D eigenvalue weighted by atomic mass is 9.87. The van der Waals surface area contributed by atoms with Crippen molar-refractivity contribution in [3.63, 3.8) is 0 Å². The number of carbonyl (C=O) groups excluding carboxylic acids is 2. The number of allylic oxidation sites excluding steroid dienone is 2. The molecule has 29 heavy (non-hydrogen) atoms. The molecule has 0 radical (unpaired) electrons. The Hall–Kier alpha value is -1.26. The number of carbonyl (C=O) groups is 2. The molecule has 0 saturated heterocycles. The highest BCUT2D eigenvalue weighted by Gasteiger charge is 2.34. The van der Waals surface area contributed by atoms with Crippen LogP contribution in [-0.2, 0) is 9.59 Å². The number of likely N-dealkylation sites (N-methyl/N-ethyl adjacent to an activating group) is 1. The standard InChI is InChI=1S/C25H46N2O2/c1-7-9-11-13-15-17-19-24(4,22(3)28)27-21-23(29)25(5,26-6)20-18-16-14-12-10-8-2/h7-8,26-27H,1-2,9-21H2,3-6H3/t24-,25+/m1/s1. The third-order valence-electron chi connectivity index (χ3n) is 6.25. The molecular weight excluding hydrogens is 360 g/mol. The number of unbranched alkanes of at least 4 members (excludes halogenated alkanes) is 8. The van der Waals surface area contributed by atoms with E-state index in [2.05, 4.69) is 23.8 Å². The monoisotopic (exact) mass is 406 g/mol. The van der Waals surface area contributed by atoms with Crippen LogP contribution in [0.5, 0.6) is 0 Å². The van der Waals surface area contributed by atoms with Gasteiger partial charge in [-0.2, -0.15) is 0 Å². The summed E-state index contributed by atoms with van der Waals surface area (Å²) in [5.74, 6) is 0.231. The lowest BCUT2D eigenvalue weighted by molar-refractivity contribution is -0.126. The fraction of sp³-hybridized carbons (Fsp3) is 0.760. The normalized spacial score (nSPS) is 15.3. The molecule has 4 nitrogen and oxygen atoms in total. The van der Waals surface area contributed by atoms with Gasteiger partial charge in [0.15, 0.2) is 5.78 Å². The van der Waals surface area contributed by atoms with Crippen LogP contribution in [0.3, 0.4) is 0 Å². The lowest BCUT2D eigenvalue weighted by Gasteiger charge is -2.32. The molecule has 2 N–H and O–H groups in total. The van der Waals surface area contributed by atoms with Crippen molar-refractivity contribution in [2.45, 2.75) is 109 Å². The summed E-state index contributed by atoms with van der Waals surface area (Å²) >= 11 is 0. The highest BCUT2D eigenvalue weighted by molar-refractivity contribution is 5.91. The molecule has 168 valence electrons. The maximum absolute atomic E-state index is 12.9. The minimum Gasteiger partial charge on any atom is -0.308 e. The highest BCUT2D eigenvalue weighted by atomic mass is 16.1. The van der Waals surface area contributed by atoms with Gasteiger partial charge < -0.3 is 5.32 Å². The molecule has 0 aromatic carbocycles. The first kappa shape index (κ1) is 27.7. The number of nitrogens with one attached hydrogen (secondary N) is 2. The minimum absolute atomic E-state index is 0.102. The molecule has 4 heteroatoms. The zero-order chi connectivity index (χ0) is 22.2. The Morgan fingerprint density at radius 3 is 1.66 bits per heavy atom. The third kappa shape index (κ3) is 11.5. The van der Waals surface area contributed by atoms with Crippen molar-refractivity contribution in [2.24, 2.45) is 0 Å². The predicted molar refractivity (Wildman–Crippen MR) is 125 cm³/mol. The van der Waals surface area contributed by atoms with Gasteiger partial charge in [-0.1, -0.05) is 50.7 Å². The topological polar surface area (TPSA) is 58.2 Å². The van der Waals surface area contributed by atoms with Crippen molar-refractivity contribution in [3.8, 4) is 0 Å². The minimum atomic E-state index is -0.632. The zero-order valence-electron chi connectivity index (χ0n) is 19.6. The number of rotatable bonds is 20. The van der Waals surface area contributed by atoms with Crippen molar-refractivity contribution in [1.29, 1.82) is 0 Å². The van der Waals surface area contributed by atoms with Gasteiger partial charge in [0.2, 0.25) is 0 Å². The fourth-order valence-electron chi connectivity index (χ4n) is 3.50. The van der Waals surface area contributed by atoms with Crippen LogP contribution in [0.25, 0.3) is 0 Å². The van der Waals surface area contributed by atoms with E-state index in [0.717, 1.165) is 64.2 Å². The van der Waals surface area contributed by atoms with E-state index in [0.29, 0.717) is 0 Å². The highest BCUT2D eigenvalue weighted by Crippen LogP contribution is 2.20. The van der Waals surface area contributed by atoms with Gasteiger partial charge in [0.25, 0.3) is 0 Å². The third-order valence-corrected chi connectivity index (χ3v) is 6.25. The van der Waals surface area contributed by atoms with E-state index in [1.54, 1.807) is 6.92 Å². The summed E-state index contributed by atoms with van der Waals surface area (Å²) in [6, 6.07) is 0. The fourth-order valence-corrected chi connectivity index (χ4v) is 3.50. The van der Waals surface area contributed by atoms with Gasteiger partial charge in [0, 0.05) is 0 Å². The second-order valence-corrected chi connectivity index (χ2v) is 8.73. The summed E-state index contributed by atoms with van der Waals surface area (Å²) in [5, 5.41) is 6.51. The van der Waals surface area contributed by atoms with Gasteiger partial charge in [-0.3, -0.25) is 14.9 Å². The quantitative estimate of drug-likeness (QED) is 0.206. The Balaban J connectivity index is 4.51. The average molecular weight is 407 g/mol. The molecule has 0 unspecified atom stereocenters. The molecular formula is C25H46N2O2. The Kier molecular flexibility index (Phi) is 14.9. The molecule has 0 aromatic rings. The van der Waals surface area contributed by atoms with E-state index in [4.69, 9.17) is 0 Å². The van der Waals surface area contributed by atoms with Crippen LogP contribution in [0.2, 0.25) is 0 Å². The summed E-state index contributed by atoms with van der Waals surface area (Å²) < 4.78 is 0. The molecule has 0 heterocycles. The van der Waals surface area contributed by atoms with Gasteiger partial charge in [-0.05, 0) is 66.3 Å². The predicted octanol–water partition coefficient (Wildman–Crippen LogP) is 5.52. The summed E-state index contributed by atoms with van der Waals surface area (Å²) in [5.41, 5.74) is -1.18. The molecule has 0 amide bonds. The van der Waals surface area contributed by atoms with E-state index in [1.165, 1.54) is 12.8 Å². The molecule has 0 saturated carbocycles. The molecule has 0 rings (SSSR count). The molecule has 0 aliphatic rings. The average Bonchev–Trinajstić information content (AvgIpc) is 2.71. The Bertz CT molecular complexity index is 503. The summed E-state index contributed by atoms with van der Waals surface area (Å²) in [6.07, 6.45) is 16.5. The summed E-state index contributed by atoms with van der Waals surface area (Å²) in [6.45, 7) is 13.3. The Labute approximate surface area is 180 Å². The second-order valence-electron chi connectivity index (χ2n) is 8.73. The molecule has 0 bridgehead atoms. The Morgan fingerprint density at radius 1 is 0.793 bits per heavy atom. The smallest absolute Gasteiger partial charge is 0.166 e. The molecule has 0 aromatic heterocycles. The molecule has 2 atom stereocenters. The molecule has 0 fully saturated rings. The zero-order valence-corrected chi connectivity index (χ0v) is 19.6. The van der Waals surface area contributed by atoms with Crippen molar-refractivity contribution in [2.75, 3.05) is 13.6 Å². The SMILES string of the molecule is C=CCCCCCC[C@@](C)(NCC(=O)[C@](C)(CCCCCCC=C)NC)C(C)=O. The molecule has 0 aliphatic heterocycles. The van der Waals surface area contributed by atoms with Gasteiger partial charge in [-0.25, -0.2) is 0 Å². The largest absolute Gasteiger partial charge is 0.308 e. The summed E-state index contributed by atoms with van der Waals surface area (Å²) in [4.78, 5) is 25.2. The van der Waals surface area contributed by atoms with E-state index >= 15 is 0 Å². The van der Waals surface area contributed by atoms with Crippen molar-refractivity contribution in [3.05, 3.63) is 25.3 Å². The number of hydrogen-bond donors (Lipinski definition) is 2. The molecule has 0 aliphatic carbocycles. The van der Waals surface area contributed by atoms with Gasteiger partial charge >= 0.3 is 0 Å². The van der Waals surface area contributed by atoms with E-state index in [9.17, 15) is 9.59 Å². The van der Waals surface area contributed by atoms with Crippen LogP contribution in [0.1, 0.15) is 97.8 Å². The first-order valence-electron chi connectivity index (χ1n) is 11.5. The van der Waals surface area contributed by atoms with Crippen molar-refractivity contribution in [1.82, 2.24) is 10.6 Å². The number of ketones is 2. The van der Waals surface area contributed by atoms with Crippen LogP contribution in [0.4, 0.5) is 0 Å². The van der Waals surface area contributed by atoms with Crippen LogP contribution in [0, 0.1) is 0 Å². The maximum atomic E-state index is 12.9. The first-order valence-corrected chi connectivity index (χ1v) is 11.5. The van der Waals surface area contributed by atoms with Crippen LogP contribution >= 0.6 is 0 Å². The lowest BCUT2D eigenvalue weighted by Crippen LogP contribution is -2.56. The second kappa shape index (κ2) is 15.6. The van der Waals surface area contributed by atoms with E-state index in [1.807, 2.05) is 33.0 Å². The van der Waals surface area contributed by atoms with Crippen LogP contribution < -0.4 is 10.6 Å². The Morgan fingerprint density at radius 2 is 1.24 bits per heavy atom. The van der Waals surface area contributed by atoms with Crippen molar-refractivity contribution >= 4 is 11.6 Å². The van der Waals surface area contributed by atoms with Gasteiger partial charge in [0.05, 0.1) is 17.6 Å². The summed E-state index contributed by atoms with van der Waals surface area (Å²) in [7, 11) is 1.85. The van der Waals surface area contributed by atoms with Gasteiger partial charge in [-0.15, -0.1) is 13.2 Å². The van der Waals surface area contributed by atoms with E-state index in [-0.39, 0.29) is 18.1 Å². The maximum Gasteiger partial charge on any atom is 0.166 e. The number of hydrogen-bond acceptors (Lipinski definition) is 4. The van der Waals surface area contributed by atoms with Crippen LogP contribution in [0.15, 0.2) is 25.3 Å². The van der Waals surface area contributed by atoms with Gasteiger partial charge in [0.1, 0.15) is 5.78 Å². The van der Waals surface area contributed by atoms with E-state index < -0.39 is 11.1 Å². The first-order chi connectivity index (χ1) is 13.8.